The van der Waals surface area contributed by atoms with Crippen molar-refractivity contribution < 1.29 is 4.74 Å². The second kappa shape index (κ2) is 5.10. The highest BCUT2D eigenvalue weighted by Crippen LogP contribution is 2.12. The molecule has 1 N–H and O–H groups in total. The van der Waals surface area contributed by atoms with E-state index in [0.717, 1.165) is 13.1 Å². The first-order valence-electron chi connectivity index (χ1n) is 5.57. The predicted molar refractivity (Wildman–Crippen MR) is 59.6 cm³/mol. The predicted octanol–water partition coefficient (Wildman–Crippen LogP) is 1.09. The van der Waals surface area contributed by atoms with Crippen LogP contribution in [0.25, 0.3) is 0 Å². The quantitative estimate of drug-likeness (QED) is 0.738. The molecule has 1 rings (SSSR count). The first kappa shape index (κ1) is 12.0. The molecule has 1 heterocycles. The molecule has 0 aliphatic carbocycles. The lowest BCUT2D eigenvalue weighted by Gasteiger charge is -2.41. The minimum atomic E-state index is 0.312. The number of hydrogen-bond donors (Lipinski definition) is 1. The topological polar surface area (TPSA) is 24.5 Å². The summed E-state index contributed by atoms with van der Waals surface area (Å²) in [5.41, 5.74) is 0. The van der Waals surface area contributed by atoms with Crippen molar-refractivity contribution in [3.8, 4) is 0 Å². The minimum Gasteiger partial charge on any atom is -0.380 e. The van der Waals surface area contributed by atoms with Crippen molar-refractivity contribution in [2.75, 3.05) is 20.2 Å². The molecular formula is C11H24N2O. The molecule has 3 heteroatoms. The summed E-state index contributed by atoms with van der Waals surface area (Å²) in [5.74, 6) is 0. The van der Waals surface area contributed by atoms with Crippen molar-refractivity contribution in [2.45, 2.75) is 51.9 Å². The smallest absolute Gasteiger partial charge is 0.0695 e. The fourth-order valence-corrected chi connectivity index (χ4v) is 2.20. The average molecular weight is 200 g/mol. The van der Waals surface area contributed by atoms with Gasteiger partial charge in [0.1, 0.15) is 0 Å². The lowest BCUT2D eigenvalue weighted by Crippen LogP contribution is -2.58. The number of piperazine rings is 1. The highest BCUT2D eigenvalue weighted by molar-refractivity contribution is 4.85. The summed E-state index contributed by atoms with van der Waals surface area (Å²) < 4.78 is 5.37. The van der Waals surface area contributed by atoms with Crippen molar-refractivity contribution in [3.05, 3.63) is 0 Å². The van der Waals surface area contributed by atoms with Crippen LogP contribution in [0.4, 0.5) is 0 Å². The lowest BCUT2D eigenvalue weighted by molar-refractivity contribution is 0.0156. The third-order valence-corrected chi connectivity index (χ3v) is 3.21. The van der Waals surface area contributed by atoms with E-state index in [2.05, 4.69) is 37.9 Å². The number of ether oxygens (including phenoxy) is 1. The van der Waals surface area contributed by atoms with Gasteiger partial charge in [-0.25, -0.2) is 0 Å². The van der Waals surface area contributed by atoms with E-state index in [9.17, 15) is 0 Å². The van der Waals surface area contributed by atoms with Gasteiger partial charge in [-0.3, -0.25) is 4.90 Å². The van der Waals surface area contributed by atoms with Crippen molar-refractivity contribution in [1.82, 2.24) is 10.2 Å². The van der Waals surface area contributed by atoms with E-state index in [-0.39, 0.29) is 0 Å². The molecule has 0 spiro atoms. The van der Waals surface area contributed by atoms with Gasteiger partial charge in [0.15, 0.2) is 0 Å². The summed E-state index contributed by atoms with van der Waals surface area (Å²) in [7, 11) is 1.79. The van der Waals surface area contributed by atoms with Gasteiger partial charge >= 0.3 is 0 Å². The lowest BCUT2D eigenvalue weighted by atomic mass is 10.1. The molecule has 0 amide bonds. The Labute approximate surface area is 87.8 Å². The van der Waals surface area contributed by atoms with Crippen molar-refractivity contribution in [1.29, 1.82) is 0 Å². The maximum Gasteiger partial charge on any atom is 0.0695 e. The van der Waals surface area contributed by atoms with Crippen LogP contribution in [0.3, 0.4) is 0 Å². The van der Waals surface area contributed by atoms with Crippen LogP contribution in [0.15, 0.2) is 0 Å². The van der Waals surface area contributed by atoms with Crippen LogP contribution in [0.5, 0.6) is 0 Å². The Morgan fingerprint density at radius 1 is 1.21 bits per heavy atom. The minimum absolute atomic E-state index is 0.312. The van der Waals surface area contributed by atoms with Crippen LogP contribution in [-0.2, 0) is 4.74 Å². The highest BCUT2D eigenvalue weighted by atomic mass is 16.5. The fraction of sp³-hybridized carbons (Fsp3) is 1.00. The third-order valence-electron chi connectivity index (χ3n) is 3.21. The zero-order chi connectivity index (χ0) is 10.7. The van der Waals surface area contributed by atoms with Crippen LogP contribution in [0.2, 0.25) is 0 Å². The van der Waals surface area contributed by atoms with Crippen molar-refractivity contribution >= 4 is 0 Å². The Morgan fingerprint density at radius 2 is 1.71 bits per heavy atom. The Morgan fingerprint density at radius 3 is 2.14 bits per heavy atom. The second-order valence-corrected chi connectivity index (χ2v) is 4.60. The number of methoxy groups -OCH3 is 1. The van der Waals surface area contributed by atoms with E-state index in [1.165, 1.54) is 0 Å². The van der Waals surface area contributed by atoms with Crippen LogP contribution in [0.1, 0.15) is 27.7 Å². The summed E-state index contributed by atoms with van der Waals surface area (Å²) >= 11 is 0. The van der Waals surface area contributed by atoms with Gasteiger partial charge < -0.3 is 10.1 Å². The van der Waals surface area contributed by atoms with Gasteiger partial charge in [-0.1, -0.05) is 0 Å². The molecule has 14 heavy (non-hydrogen) atoms. The van der Waals surface area contributed by atoms with Gasteiger partial charge in [-0.15, -0.1) is 0 Å². The van der Waals surface area contributed by atoms with E-state index >= 15 is 0 Å². The van der Waals surface area contributed by atoms with Gasteiger partial charge in [0.05, 0.1) is 6.10 Å². The summed E-state index contributed by atoms with van der Waals surface area (Å²) in [5, 5.41) is 3.54. The Bertz CT molecular complexity index is 165. The molecule has 1 aliphatic heterocycles. The average Bonchev–Trinajstić information content (AvgIpc) is 2.14. The number of nitrogens with one attached hydrogen (secondary N) is 1. The molecule has 1 aliphatic rings. The van der Waals surface area contributed by atoms with E-state index < -0.39 is 0 Å². The summed E-state index contributed by atoms with van der Waals surface area (Å²) in [4.78, 5) is 2.51. The number of hydrogen-bond acceptors (Lipinski definition) is 3. The monoisotopic (exact) mass is 200 g/mol. The zero-order valence-corrected chi connectivity index (χ0v) is 10.1. The second-order valence-electron chi connectivity index (χ2n) is 4.60. The molecular weight excluding hydrogens is 176 g/mol. The number of nitrogens with zero attached hydrogens (tertiary/aromatic N) is 1. The van der Waals surface area contributed by atoms with E-state index in [0.29, 0.717) is 24.2 Å². The molecule has 0 bridgehead atoms. The first-order valence-corrected chi connectivity index (χ1v) is 5.57. The number of rotatable bonds is 3. The van der Waals surface area contributed by atoms with Gasteiger partial charge in [-0.2, -0.15) is 0 Å². The molecule has 4 atom stereocenters. The van der Waals surface area contributed by atoms with E-state index in [4.69, 9.17) is 4.74 Å². The zero-order valence-electron chi connectivity index (χ0n) is 10.1. The maximum absolute atomic E-state index is 5.37. The van der Waals surface area contributed by atoms with Crippen LogP contribution >= 0.6 is 0 Å². The van der Waals surface area contributed by atoms with Gasteiger partial charge in [-0.05, 0) is 27.7 Å². The molecule has 0 aromatic rings. The fourth-order valence-electron chi connectivity index (χ4n) is 2.20. The van der Waals surface area contributed by atoms with Gasteiger partial charge in [0.2, 0.25) is 0 Å². The Balaban J connectivity index is 2.50. The van der Waals surface area contributed by atoms with Crippen molar-refractivity contribution in [2.24, 2.45) is 0 Å². The molecule has 84 valence electrons. The van der Waals surface area contributed by atoms with Gasteiger partial charge in [0.25, 0.3) is 0 Å². The molecule has 0 aromatic heterocycles. The largest absolute Gasteiger partial charge is 0.380 e. The highest BCUT2D eigenvalue weighted by Gasteiger charge is 2.27. The molecule has 1 saturated heterocycles. The van der Waals surface area contributed by atoms with Crippen LogP contribution in [-0.4, -0.2) is 49.3 Å². The Hall–Kier alpha value is -0.120. The molecule has 2 unspecified atom stereocenters. The van der Waals surface area contributed by atoms with E-state index in [1.807, 2.05) is 0 Å². The normalized spacial score (nSPS) is 34.1. The molecule has 0 radical (unpaired) electrons. The summed E-state index contributed by atoms with van der Waals surface area (Å²) in [6, 6.07) is 1.68. The molecule has 3 nitrogen and oxygen atoms in total. The molecule has 0 aromatic carbocycles. The van der Waals surface area contributed by atoms with Crippen LogP contribution < -0.4 is 5.32 Å². The molecule has 0 saturated carbocycles. The van der Waals surface area contributed by atoms with E-state index in [1.54, 1.807) is 7.11 Å². The standard InChI is InChI=1S/C11H24N2O/c1-8-6-13(7-9(2)12-8)10(3)11(4)14-5/h8-12H,6-7H2,1-5H3/t8-,9+,10?,11?. The van der Waals surface area contributed by atoms with Crippen LogP contribution in [0, 0.1) is 0 Å². The summed E-state index contributed by atoms with van der Waals surface area (Å²) in [6.07, 6.45) is 0.312. The first-order chi connectivity index (χ1) is 6.54. The summed E-state index contributed by atoms with van der Waals surface area (Å²) in [6.45, 7) is 11.1. The SMILES string of the molecule is COC(C)C(C)N1C[C@@H](C)N[C@@H](C)C1. The van der Waals surface area contributed by atoms with Crippen molar-refractivity contribution in [3.63, 3.8) is 0 Å². The Kier molecular flexibility index (Phi) is 4.35. The molecule has 1 fully saturated rings. The maximum atomic E-state index is 5.37. The van der Waals surface area contributed by atoms with Gasteiger partial charge in [0, 0.05) is 38.3 Å². The third kappa shape index (κ3) is 2.94.